The van der Waals surface area contributed by atoms with Crippen molar-refractivity contribution in [1.82, 2.24) is 14.9 Å². The number of fused-ring (bicyclic) bond motifs is 5. The number of anilines is 1. The number of nitrogens with zero attached hydrogens (tertiary/aromatic N) is 4. The monoisotopic (exact) mass is 614 g/mol. The van der Waals surface area contributed by atoms with E-state index < -0.39 is 23.3 Å². The molecule has 0 aliphatic carbocycles. The fraction of sp³-hybridized carbons (Fsp3) is 0.429. The first kappa shape index (κ1) is 28.4. The highest BCUT2D eigenvalue weighted by molar-refractivity contribution is 6.04. The quantitative estimate of drug-likeness (QED) is 0.272. The van der Waals surface area contributed by atoms with E-state index in [1.165, 1.54) is 24.3 Å². The van der Waals surface area contributed by atoms with E-state index >= 15 is 4.39 Å². The van der Waals surface area contributed by atoms with Crippen molar-refractivity contribution in [2.24, 2.45) is 0 Å². The van der Waals surface area contributed by atoms with Gasteiger partial charge in [0, 0.05) is 42.4 Å². The molecular weight excluding hydrogens is 581 g/mol. The molecule has 0 spiro atoms. The maximum absolute atomic E-state index is 16.8. The number of aromatic nitrogens is 2. The van der Waals surface area contributed by atoms with Gasteiger partial charge in [-0.3, -0.25) is 4.90 Å². The molecule has 0 saturated carbocycles. The van der Waals surface area contributed by atoms with Gasteiger partial charge in [-0.1, -0.05) is 18.1 Å². The summed E-state index contributed by atoms with van der Waals surface area (Å²) < 4.78 is 58.6. The van der Waals surface area contributed by atoms with Gasteiger partial charge in [0.05, 0.1) is 23.3 Å². The van der Waals surface area contributed by atoms with Crippen molar-refractivity contribution in [2.45, 2.75) is 62.4 Å². The van der Waals surface area contributed by atoms with Gasteiger partial charge in [0.2, 0.25) is 0 Å². The second-order valence-electron chi connectivity index (χ2n) is 12.9. The molecule has 1 N–H and O–H groups in total. The molecule has 10 heteroatoms. The van der Waals surface area contributed by atoms with Gasteiger partial charge >= 0.3 is 6.01 Å². The fourth-order valence-corrected chi connectivity index (χ4v) is 8.02. The van der Waals surface area contributed by atoms with Crippen LogP contribution in [0.1, 0.15) is 44.1 Å². The molecule has 4 atom stereocenters. The minimum atomic E-state index is -0.913. The number of phenolic OH excluding ortho intramolecular Hbond substituents is 1. The van der Waals surface area contributed by atoms with Gasteiger partial charge < -0.3 is 19.5 Å². The summed E-state index contributed by atoms with van der Waals surface area (Å²) in [5.41, 5.74) is -0.0496. The van der Waals surface area contributed by atoms with Crippen LogP contribution in [0.25, 0.3) is 32.8 Å². The molecule has 2 bridgehead atoms. The number of phenols is 1. The van der Waals surface area contributed by atoms with Gasteiger partial charge in [0.25, 0.3) is 0 Å². The molecule has 1 aromatic heterocycles. The van der Waals surface area contributed by atoms with E-state index in [-0.39, 0.29) is 52.8 Å². The van der Waals surface area contributed by atoms with Crippen LogP contribution in [-0.4, -0.2) is 76.7 Å². The highest BCUT2D eigenvalue weighted by atomic mass is 19.1. The van der Waals surface area contributed by atoms with E-state index in [1.54, 1.807) is 12.1 Å². The molecule has 4 aliphatic rings. The predicted molar refractivity (Wildman–Crippen MR) is 165 cm³/mol. The SMILES string of the molecule is C#Cc1c(F)ccc2cc(O)cc(-c3ccc4c(N5CCC6CCC(C5)O6)nc(OCC56CCCN5CC(F)C6)nc4c3F)c12. The molecule has 232 valence electrons. The van der Waals surface area contributed by atoms with Crippen LogP contribution in [-0.2, 0) is 4.74 Å². The third-order valence-corrected chi connectivity index (χ3v) is 10.1. The van der Waals surface area contributed by atoms with Crippen molar-refractivity contribution < 1.29 is 27.8 Å². The van der Waals surface area contributed by atoms with Crippen molar-refractivity contribution in [1.29, 1.82) is 0 Å². The summed E-state index contributed by atoms with van der Waals surface area (Å²) in [7, 11) is 0. The predicted octanol–water partition coefficient (Wildman–Crippen LogP) is 6.13. The standard InChI is InChI=1S/C35H33F3N4O3/c1-2-25-29(37)9-4-20-14-22(43)15-28(30(20)25)26-7-8-27-32(31(26)38)39-34(44-19-35-11-3-12-42(35)17-21(36)16-35)40-33(27)41-13-10-23-5-6-24(18-41)45-23/h1,4,7-9,14-15,21,23-24,43H,3,5-6,10-13,16-19H2. The first-order valence-electron chi connectivity index (χ1n) is 15.7. The normalized spacial score (nSPS) is 26.4. The molecule has 4 unspecified atom stereocenters. The number of ether oxygens (including phenoxy) is 2. The van der Waals surface area contributed by atoms with Crippen LogP contribution < -0.4 is 9.64 Å². The van der Waals surface area contributed by atoms with Crippen molar-refractivity contribution in [3.63, 3.8) is 0 Å². The van der Waals surface area contributed by atoms with E-state index in [0.717, 1.165) is 38.6 Å². The Bertz CT molecular complexity index is 1880. The van der Waals surface area contributed by atoms with E-state index in [1.807, 2.05) is 0 Å². The maximum atomic E-state index is 16.8. The Morgan fingerprint density at radius 2 is 1.91 bits per heavy atom. The third-order valence-electron chi connectivity index (χ3n) is 10.1. The Labute approximate surface area is 259 Å². The smallest absolute Gasteiger partial charge is 0.319 e. The van der Waals surface area contributed by atoms with Gasteiger partial charge in [-0.15, -0.1) is 6.42 Å². The molecule has 0 amide bonds. The molecule has 4 saturated heterocycles. The van der Waals surface area contributed by atoms with E-state index in [4.69, 9.17) is 20.9 Å². The Balaban J connectivity index is 1.27. The van der Waals surface area contributed by atoms with Gasteiger partial charge in [0.1, 0.15) is 35.7 Å². The number of aromatic hydroxyl groups is 1. The number of rotatable bonds is 5. The topological polar surface area (TPSA) is 71.0 Å². The lowest BCUT2D eigenvalue weighted by Gasteiger charge is -2.31. The lowest BCUT2D eigenvalue weighted by Crippen LogP contribution is -2.43. The van der Waals surface area contributed by atoms with Crippen molar-refractivity contribution in [3.05, 3.63) is 53.6 Å². The summed E-state index contributed by atoms with van der Waals surface area (Å²) in [5, 5.41) is 11.9. The van der Waals surface area contributed by atoms with Crippen LogP contribution in [0, 0.1) is 24.0 Å². The van der Waals surface area contributed by atoms with Gasteiger partial charge in [-0.05, 0) is 73.9 Å². The molecule has 7 nitrogen and oxygen atoms in total. The molecule has 5 heterocycles. The average Bonchev–Trinajstić information content (AvgIpc) is 3.66. The van der Waals surface area contributed by atoms with E-state index in [9.17, 15) is 13.9 Å². The maximum Gasteiger partial charge on any atom is 0.319 e. The first-order chi connectivity index (χ1) is 21.8. The number of terminal acetylenes is 1. The zero-order valence-corrected chi connectivity index (χ0v) is 24.7. The number of alkyl halides is 1. The van der Waals surface area contributed by atoms with Crippen LogP contribution in [0.3, 0.4) is 0 Å². The summed E-state index contributed by atoms with van der Waals surface area (Å²) in [6.07, 6.45) is 10.0. The molecular formula is C35H33F3N4O3. The molecule has 8 rings (SSSR count). The fourth-order valence-electron chi connectivity index (χ4n) is 8.02. The largest absolute Gasteiger partial charge is 0.508 e. The number of hydrogen-bond acceptors (Lipinski definition) is 7. The Hall–Kier alpha value is -4.07. The van der Waals surface area contributed by atoms with Crippen LogP contribution in [0.4, 0.5) is 19.0 Å². The van der Waals surface area contributed by atoms with Gasteiger partial charge in [-0.25, -0.2) is 13.2 Å². The number of halogens is 3. The van der Waals surface area contributed by atoms with Crippen LogP contribution in [0.5, 0.6) is 11.8 Å². The number of benzene rings is 3. The Morgan fingerprint density at radius 1 is 1.04 bits per heavy atom. The van der Waals surface area contributed by atoms with Gasteiger partial charge in [-0.2, -0.15) is 9.97 Å². The van der Waals surface area contributed by atoms with E-state index in [2.05, 4.69) is 20.7 Å². The lowest BCUT2D eigenvalue weighted by molar-refractivity contribution is 0.0580. The zero-order valence-electron chi connectivity index (χ0n) is 24.7. The van der Waals surface area contributed by atoms with Gasteiger partial charge in [0.15, 0.2) is 5.82 Å². The Kier molecular flexibility index (Phi) is 6.80. The zero-order chi connectivity index (χ0) is 30.9. The Morgan fingerprint density at radius 3 is 2.78 bits per heavy atom. The van der Waals surface area contributed by atoms with Crippen LogP contribution >= 0.6 is 0 Å². The second kappa shape index (κ2) is 10.8. The van der Waals surface area contributed by atoms with Crippen molar-refractivity contribution in [3.8, 4) is 35.2 Å². The second-order valence-corrected chi connectivity index (χ2v) is 12.9. The molecule has 4 aromatic rings. The molecule has 4 fully saturated rings. The molecule has 3 aromatic carbocycles. The van der Waals surface area contributed by atoms with Crippen LogP contribution in [0.2, 0.25) is 0 Å². The summed E-state index contributed by atoms with van der Waals surface area (Å²) in [4.78, 5) is 13.7. The third kappa shape index (κ3) is 4.75. The first-order valence-corrected chi connectivity index (χ1v) is 15.7. The summed E-state index contributed by atoms with van der Waals surface area (Å²) >= 11 is 0. The minimum absolute atomic E-state index is 0.0166. The van der Waals surface area contributed by atoms with E-state index in [0.29, 0.717) is 48.0 Å². The highest BCUT2D eigenvalue weighted by Gasteiger charge is 2.49. The van der Waals surface area contributed by atoms with Crippen molar-refractivity contribution in [2.75, 3.05) is 37.7 Å². The molecule has 4 aliphatic heterocycles. The minimum Gasteiger partial charge on any atom is -0.508 e. The summed E-state index contributed by atoms with van der Waals surface area (Å²) in [6.45, 7) is 2.70. The summed E-state index contributed by atoms with van der Waals surface area (Å²) in [6, 6.07) is 8.96. The van der Waals surface area contributed by atoms with Crippen LogP contribution in [0.15, 0.2) is 36.4 Å². The van der Waals surface area contributed by atoms with Crippen molar-refractivity contribution >= 4 is 27.5 Å². The molecule has 45 heavy (non-hydrogen) atoms. The molecule has 0 radical (unpaired) electrons. The summed E-state index contributed by atoms with van der Waals surface area (Å²) in [5.74, 6) is 1.55. The number of hydrogen-bond donors (Lipinski definition) is 1. The highest BCUT2D eigenvalue weighted by Crippen LogP contribution is 2.42. The average molecular weight is 615 g/mol. The lowest BCUT2D eigenvalue weighted by atomic mass is 9.93.